The summed E-state index contributed by atoms with van der Waals surface area (Å²) in [5.41, 5.74) is 9.09. The fraction of sp³-hybridized carbons (Fsp3) is 0.0625. The van der Waals surface area contributed by atoms with Crippen molar-refractivity contribution >= 4 is 66.1 Å². The number of nitrogens with zero attached hydrogens (tertiary/aromatic N) is 3. The van der Waals surface area contributed by atoms with Gasteiger partial charge in [-0.3, -0.25) is 4.79 Å². The van der Waals surface area contributed by atoms with Crippen LogP contribution in [0.15, 0.2) is 104 Å². The molecule has 7 nitrogen and oxygen atoms in total. The summed E-state index contributed by atoms with van der Waals surface area (Å²) in [5, 5.41) is 19.5. The van der Waals surface area contributed by atoms with E-state index in [2.05, 4.69) is 77.8 Å². The lowest BCUT2D eigenvalue weighted by atomic mass is 10.1. The van der Waals surface area contributed by atoms with Crippen LogP contribution in [0.2, 0.25) is 0 Å². The van der Waals surface area contributed by atoms with Crippen LogP contribution < -0.4 is 15.5 Å². The van der Waals surface area contributed by atoms with Crippen LogP contribution in [0, 0.1) is 18.3 Å². The topological polar surface area (TPSA) is 99.4 Å². The molecule has 1 amide bonds. The highest BCUT2D eigenvalue weighted by molar-refractivity contribution is 9.11. The quantitative estimate of drug-likeness (QED) is 0.119. The normalized spacial score (nSPS) is 10.8. The van der Waals surface area contributed by atoms with E-state index in [1.54, 1.807) is 24.4 Å². The molecule has 0 fully saturated rings. The SMILES string of the molecule is Cc1ccc(Nc2nc(-c3ccc(C(=O)N/N=C\c4cc(Br)c(OCc5ccccc5C#N)c(Br)c4)cc3)cs2)cc1. The molecule has 10 heteroatoms. The van der Waals surface area contributed by atoms with E-state index in [-0.39, 0.29) is 12.5 Å². The minimum absolute atomic E-state index is 0.247. The Balaban J connectivity index is 1.17. The van der Waals surface area contributed by atoms with Crippen LogP contribution in [-0.4, -0.2) is 17.1 Å². The standard InChI is InChI=1S/C32H23Br2N5O2S/c1-20-6-12-26(13-7-20)37-32-38-29(19-42-32)22-8-10-23(11-9-22)31(40)39-36-17-21-14-27(33)30(28(34)15-21)41-18-25-5-3-2-4-24(25)16-35/h2-15,17,19H,18H2,1H3,(H,37,38)(H,39,40)/b36-17-. The average Bonchev–Trinajstić information content (AvgIpc) is 3.46. The number of hydrogen-bond donors (Lipinski definition) is 2. The van der Waals surface area contributed by atoms with Crippen molar-refractivity contribution in [3.63, 3.8) is 0 Å². The van der Waals surface area contributed by atoms with Gasteiger partial charge >= 0.3 is 0 Å². The van der Waals surface area contributed by atoms with Crippen LogP contribution in [-0.2, 0) is 6.61 Å². The van der Waals surface area contributed by atoms with E-state index >= 15 is 0 Å². The molecular weight excluding hydrogens is 678 g/mol. The van der Waals surface area contributed by atoms with Crippen molar-refractivity contribution in [2.75, 3.05) is 5.32 Å². The summed E-state index contributed by atoms with van der Waals surface area (Å²) < 4.78 is 7.36. The van der Waals surface area contributed by atoms with Gasteiger partial charge in [-0.2, -0.15) is 10.4 Å². The summed E-state index contributed by atoms with van der Waals surface area (Å²) in [6.07, 6.45) is 1.55. The number of aromatic nitrogens is 1. The van der Waals surface area contributed by atoms with E-state index in [0.717, 1.165) is 33.2 Å². The molecule has 0 radical (unpaired) electrons. The van der Waals surface area contributed by atoms with Crippen LogP contribution >= 0.6 is 43.2 Å². The maximum atomic E-state index is 12.7. The monoisotopic (exact) mass is 699 g/mol. The number of carbonyl (C=O) groups is 1. The number of carbonyl (C=O) groups excluding carboxylic acids is 1. The Hall–Kier alpha value is -4.30. The second kappa shape index (κ2) is 13.6. The number of hydrazone groups is 1. The van der Waals surface area contributed by atoms with Crippen molar-refractivity contribution in [1.29, 1.82) is 5.26 Å². The Morgan fingerprint density at radius 2 is 1.76 bits per heavy atom. The van der Waals surface area contributed by atoms with E-state index in [4.69, 9.17) is 4.74 Å². The smallest absolute Gasteiger partial charge is 0.271 e. The molecule has 42 heavy (non-hydrogen) atoms. The second-order valence-electron chi connectivity index (χ2n) is 9.18. The molecule has 0 spiro atoms. The highest BCUT2D eigenvalue weighted by Gasteiger charge is 2.11. The second-order valence-corrected chi connectivity index (χ2v) is 11.7. The van der Waals surface area contributed by atoms with Gasteiger partial charge in [0.25, 0.3) is 5.91 Å². The lowest BCUT2D eigenvalue weighted by molar-refractivity contribution is 0.0955. The zero-order valence-electron chi connectivity index (χ0n) is 22.3. The number of hydrogen-bond acceptors (Lipinski definition) is 7. The summed E-state index contributed by atoms with van der Waals surface area (Å²) in [7, 11) is 0. The van der Waals surface area contributed by atoms with Crippen molar-refractivity contribution in [1.82, 2.24) is 10.4 Å². The van der Waals surface area contributed by atoms with Gasteiger partial charge in [0.2, 0.25) is 0 Å². The Kier molecular flexibility index (Phi) is 9.44. The Labute approximate surface area is 264 Å². The maximum absolute atomic E-state index is 12.7. The summed E-state index contributed by atoms with van der Waals surface area (Å²) in [6.45, 7) is 2.30. The first-order valence-electron chi connectivity index (χ1n) is 12.7. The molecule has 208 valence electrons. The number of halogens is 2. The van der Waals surface area contributed by atoms with Crippen molar-refractivity contribution < 1.29 is 9.53 Å². The van der Waals surface area contributed by atoms with Crippen LogP contribution in [0.4, 0.5) is 10.8 Å². The molecule has 0 bridgehead atoms. The van der Waals surface area contributed by atoms with E-state index < -0.39 is 0 Å². The molecule has 1 heterocycles. The van der Waals surface area contributed by atoms with Gasteiger partial charge in [0.15, 0.2) is 5.13 Å². The van der Waals surface area contributed by atoms with E-state index in [1.807, 2.05) is 60.0 Å². The largest absolute Gasteiger partial charge is 0.486 e. The third-order valence-corrected chi connectivity index (χ3v) is 8.10. The van der Waals surface area contributed by atoms with Crippen LogP contribution in [0.3, 0.4) is 0 Å². The molecule has 2 N–H and O–H groups in total. The highest BCUT2D eigenvalue weighted by Crippen LogP contribution is 2.35. The molecule has 5 rings (SSSR count). The van der Waals surface area contributed by atoms with E-state index in [9.17, 15) is 10.1 Å². The summed E-state index contributed by atoms with van der Waals surface area (Å²) >= 11 is 8.59. The van der Waals surface area contributed by atoms with Crippen molar-refractivity contribution in [3.8, 4) is 23.1 Å². The predicted molar refractivity (Wildman–Crippen MR) is 174 cm³/mol. The summed E-state index contributed by atoms with van der Waals surface area (Å²) in [5.74, 6) is 0.272. The molecule has 0 saturated heterocycles. The first kappa shape index (κ1) is 29.2. The van der Waals surface area contributed by atoms with Crippen LogP contribution in [0.25, 0.3) is 11.3 Å². The number of anilines is 2. The van der Waals surface area contributed by atoms with Crippen molar-refractivity contribution in [3.05, 3.63) is 127 Å². The summed E-state index contributed by atoms with van der Waals surface area (Å²) in [4.78, 5) is 17.3. The number of ether oxygens (including phenoxy) is 1. The minimum Gasteiger partial charge on any atom is -0.486 e. The average molecular weight is 701 g/mol. The highest BCUT2D eigenvalue weighted by atomic mass is 79.9. The Morgan fingerprint density at radius 3 is 2.48 bits per heavy atom. The number of benzene rings is 4. The molecule has 0 aliphatic carbocycles. The molecule has 0 aliphatic heterocycles. The summed E-state index contributed by atoms with van der Waals surface area (Å²) in [6, 6.07) is 28.5. The van der Waals surface area contributed by atoms with Gasteiger partial charge in [-0.05, 0) is 86.8 Å². The van der Waals surface area contributed by atoms with Gasteiger partial charge in [0, 0.05) is 27.8 Å². The molecular formula is C32H23Br2N5O2S. The first-order valence-corrected chi connectivity index (χ1v) is 15.2. The third-order valence-electron chi connectivity index (χ3n) is 6.16. The lowest BCUT2D eigenvalue weighted by Gasteiger charge is -2.12. The third kappa shape index (κ3) is 7.31. The van der Waals surface area contributed by atoms with Crippen LogP contribution in [0.1, 0.15) is 32.6 Å². The van der Waals surface area contributed by atoms with Gasteiger partial charge in [0.05, 0.1) is 32.5 Å². The number of thiazole rings is 1. The number of nitrogens with one attached hydrogen (secondary N) is 2. The number of amides is 1. The zero-order chi connectivity index (χ0) is 29.5. The van der Waals surface area contributed by atoms with Gasteiger partial charge in [-0.15, -0.1) is 11.3 Å². The van der Waals surface area contributed by atoms with E-state index in [1.165, 1.54) is 16.9 Å². The molecule has 5 aromatic rings. The fourth-order valence-electron chi connectivity index (χ4n) is 3.94. The zero-order valence-corrected chi connectivity index (χ0v) is 26.3. The number of nitriles is 1. The predicted octanol–water partition coefficient (Wildman–Crippen LogP) is 8.60. The molecule has 1 aromatic heterocycles. The molecule has 0 unspecified atom stereocenters. The lowest BCUT2D eigenvalue weighted by Crippen LogP contribution is -2.17. The molecule has 0 atom stereocenters. The fourth-order valence-corrected chi connectivity index (χ4v) is 6.13. The molecule has 0 saturated carbocycles. The number of aryl methyl sites for hydroxylation is 1. The van der Waals surface area contributed by atoms with Gasteiger partial charge in [-0.25, -0.2) is 10.4 Å². The first-order chi connectivity index (χ1) is 20.4. The minimum atomic E-state index is -0.327. The number of rotatable bonds is 9. The molecule has 4 aromatic carbocycles. The Bertz CT molecular complexity index is 1770. The maximum Gasteiger partial charge on any atom is 0.271 e. The Morgan fingerprint density at radius 1 is 1.05 bits per heavy atom. The van der Waals surface area contributed by atoms with Crippen molar-refractivity contribution in [2.24, 2.45) is 5.10 Å². The van der Waals surface area contributed by atoms with Crippen molar-refractivity contribution in [2.45, 2.75) is 13.5 Å². The van der Waals surface area contributed by atoms with Gasteiger partial charge in [0.1, 0.15) is 12.4 Å². The van der Waals surface area contributed by atoms with Gasteiger partial charge < -0.3 is 10.1 Å². The van der Waals surface area contributed by atoms with Crippen LogP contribution in [0.5, 0.6) is 5.75 Å². The molecule has 0 aliphatic rings. The van der Waals surface area contributed by atoms with E-state index in [0.29, 0.717) is 25.8 Å². The van der Waals surface area contributed by atoms with Gasteiger partial charge in [-0.1, -0.05) is 48.0 Å².